The predicted molar refractivity (Wildman–Crippen MR) is 88.0 cm³/mol. The van der Waals surface area contributed by atoms with Crippen LogP contribution in [0.15, 0.2) is 35.0 Å². The second-order valence-electron chi connectivity index (χ2n) is 6.03. The molecule has 1 saturated heterocycles. The van der Waals surface area contributed by atoms with Crippen molar-refractivity contribution < 1.29 is 18.7 Å². The van der Waals surface area contributed by atoms with E-state index in [0.29, 0.717) is 0 Å². The molecule has 0 aromatic carbocycles. The van der Waals surface area contributed by atoms with Crippen LogP contribution in [0.5, 0.6) is 5.75 Å². The second-order valence-corrected chi connectivity index (χ2v) is 6.03. The van der Waals surface area contributed by atoms with Crippen molar-refractivity contribution in [3.05, 3.63) is 47.7 Å². The Labute approximate surface area is 141 Å². The summed E-state index contributed by atoms with van der Waals surface area (Å²) in [5.74, 6) is 1.46. The molecule has 0 amide bonds. The van der Waals surface area contributed by atoms with Crippen molar-refractivity contribution in [1.29, 1.82) is 0 Å². The summed E-state index contributed by atoms with van der Waals surface area (Å²) in [4.78, 5) is 18.0. The number of nitrogens with zero attached hydrogens (tertiary/aromatic N) is 2. The molecule has 0 saturated carbocycles. The lowest BCUT2D eigenvalue weighted by Gasteiger charge is -2.22. The Hall–Kier alpha value is -2.34. The lowest BCUT2D eigenvalue weighted by Crippen LogP contribution is -2.27. The maximum absolute atomic E-state index is 11.7. The summed E-state index contributed by atoms with van der Waals surface area (Å²) >= 11 is 0. The molecule has 1 fully saturated rings. The number of carbonyl (C=O) groups is 1. The maximum Gasteiger partial charge on any atom is 0.374 e. The number of carbonyl (C=O) groups excluding carboxylic acids is 1. The molecule has 1 aliphatic heterocycles. The third-order valence-electron chi connectivity index (χ3n) is 4.40. The fourth-order valence-corrected chi connectivity index (χ4v) is 3.00. The summed E-state index contributed by atoms with van der Waals surface area (Å²) in [5, 5.41) is 0. The molecule has 2 aromatic heterocycles. The molecular weight excluding hydrogens is 308 g/mol. The topological polar surface area (TPSA) is 64.8 Å². The second kappa shape index (κ2) is 7.05. The highest BCUT2D eigenvalue weighted by atomic mass is 16.5. The maximum atomic E-state index is 11.7. The summed E-state index contributed by atoms with van der Waals surface area (Å²) in [6, 6.07) is 5.72. The van der Waals surface area contributed by atoms with Crippen LogP contribution in [0.3, 0.4) is 0 Å². The van der Waals surface area contributed by atoms with Crippen LogP contribution in [0.25, 0.3) is 0 Å². The number of likely N-dealkylation sites (tertiary alicyclic amines) is 1. The van der Waals surface area contributed by atoms with E-state index in [2.05, 4.69) is 16.8 Å². The van der Waals surface area contributed by atoms with Crippen molar-refractivity contribution in [2.24, 2.45) is 0 Å². The average molecular weight is 330 g/mol. The standard InChI is InChI=1S/C18H22N2O4/c1-12-10-16(24-17(12)18(21)22-3)13(2)20-9-6-15(11-20)23-14-4-7-19-8-5-14/h4-5,7-8,10,13,15H,6,9,11H2,1-3H3/t13-,15-/m1/s1. The largest absolute Gasteiger partial charge is 0.489 e. The van der Waals surface area contributed by atoms with E-state index in [1.807, 2.05) is 25.1 Å². The number of aromatic nitrogens is 1. The van der Waals surface area contributed by atoms with E-state index in [1.165, 1.54) is 7.11 Å². The van der Waals surface area contributed by atoms with Crippen LogP contribution in [0.2, 0.25) is 0 Å². The first-order chi connectivity index (χ1) is 11.6. The first-order valence-corrected chi connectivity index (χ1v) is 8.08. The molecule has 128 valence electrons. The SMILES string of the molecule is COC(=O)c1oc([C@@H](C)N2CC[C@@H](Oc3ccncc3)C2)cc1C. The van der Waals surface area contributed by atoms with Gasteiger partial charge in [0.2, 0.25) is 5.76 Å². The first kappa shape index (κ1) is 16.5. The van der Waals surface area contributed by atoms with Crippen molar-refractivity contribution in [3.8, 4) is 5.75 Å². The molecule has 0 unspecified atom stereocenters. The van der Waals surface area contributed by atoms with Gasteiger partial charge in [-0.3, -0.25) is 9.88 Å². The zero-order valence-corrected chi connectivity index (χ0v) is 14.2. The molecule has 6 heteroatoms. The minimum absolute atomic E-state index is 0.0770. The Balaban J connectivity index is 1.64. The third-order valence-corrected chi connectivity index (χ3v) is 4.40. The highest BCUT2D eigenvalue weighted by Gasteiger charge is 2.30. The zero-order valence-electron chi connectivity index (χ0n) is 14.2. The fourth-order valence-electron chi connectivity index (χ4n) is 3.00. The fraction of sp³-hybridized carbons (Fsp3) is 0.444. The quantitative estimate of drug-likeness (QED) is 0.785. The molecule has 3 rings (SSSR count). The summed E-state index contributed by atoms with van der Waals surface area (Å²) in [6.07, 6.45) is 4.55. The van der Waals surface area contributed by atoms with Gasteiger partial charge in [-0.05, 0) is 38.5 Å². The number of aryl methyl sites for hydroxylation is 1. The minimum Gasteiger partial charge on any atom is -0.489 e. The van der Waals surface area contributed by atoms with E-state index >= 15 is 0 Å². The molecule has 0 radical (unpaired) electrons. The van der Waals surface area contributed by atoms with Gasteiger partial charge in [0.25, 0.3) is 0 Å². The summed E-state index contributed by atoms with van der Waals surface area (Å²) in [7, 11) is 1.36. The third kappa shape index (κ3) is 3.43. The molecule has 0 N–H and O–H groups in total. The number of esters is 1. The number of rotatable bonds is 5. The van der Waals surface area contributed by atoms with Gasteiger partial charge >= 0.3 is 5.97 Å². The van der Waals surface area contributed by atoms with Crippen molar-refractivity contribution >= 4 is 5.97 Å². The van der Waals surface area contributed by atoms with Crippen LogP contribution >= 0.6 is 0 Å². The average Bonchev–Trinajstić information content (AvgIpc) is 3.21. The van der Waals surface area contributed by atoms with Crippen LogP contribution in [-0.2, 0) is 4.74 Å². The van der Waals surface area contributed by atoms with Gasteiger partial charge in [-0.15, -0.1) is 0 Å². The summed E-state index contributed by atoms with van der Waals surface area (Å²) < 4.78 is 16.5. The molecule has 0 aliphatic carbocycles. The number of hydrogen-bond donors (Lipinski definition) is 0. The van der Waals surface area contributed by atoms with E-state index in [-0.39, 0.29) is 17.9 Å². The summed E-state index contributed by atoms with van der Waals surface area (Å²) in [6.45, 7) is 5.67. The molecule has 6 nitrogen and oxygen atoms in total. The van der Waals surface area contributed by atoms with E-state index in [0.717, 1.165) is 36.6 Å². The van der Waals surface area contributed by atoms with Gasteiger partial charge in [0, 0.05) is 31.0 Å². The van der Waals surface area contributed by atoms with Crippen LogP contribution < -0.4 is 4.74 Å². The lowest BCUT2D eigenvalue weighted by molar-refractivity contribution is 0.0558. The highest BCUT2D eigenvalue weighted by molar-refractivity contribution is 5.87. The van der Waals surface area contributed by atoms with Gasteiger partial charge in [-0.1, -0.05) is 0 Å². The monoisotopic (exact) mass is 330 g/mol. The Morgan fingerprint density at radius 3 is 2.88 bits per heavy atom. The van der Waals surface area contributed by atoms with Crippen molar-refractivity contribution in [3.63, 3.8) is 0 Å². The van der Waals surface area contributed by atoms with Crippen LogP contribution in [0, 0.1) is 6.92 Å². The molecule has 0 bridgehead atoms. The summed E-state index contributed by atoms with van der Waals surface area (Å²) in [5.41, 5.74) is 0.799. The number of ether oxygens (including phenoxy) is 2. The number of furan rings is 1. The van der Waals surface area contributed by atoms with Crippen LogP contribution in [0.1, 0.15) is 41.3 Å². The Kier molecular flexibility index (Phi) is 4.85. The zero-order chi connectivity index (χ0) is 17.1. The predicted octanol–water partition coefficient (Wildman–Crippen LogP) is 2.98. The molecule has 0 spiro atoms. The molecule has 24 heavy (non-hydrogen) atoms. The van der Waals surface area contributed by atoms with Gasteiger partial charge in [0.15, 0.2) is 0 Å². The number of pyridine rings is 1. The van der Waals surface area contributed by atoms with E-state index in [4.69, 9.17) is 13.9 Å². The molecular formula is C18H22N2O4. The smallest absolute Gasteiger partial charge is 0.374 e. The normalized spacial score (nSPS) is 19.2. The van der Waals surface area contributed by atoms with Gasteiger partial charge in [-0.2, -0.15) is 0 Å². The van der Waals surface area contributed by atoms with Gasteiger partial charge in [-0.25, -0.2) is 4.79 Å². The molecule has 1 aliphatic rings. The van der Waals surface area contributed by atoms with Crippen molar-refractivity contribution in [1.82, 2.24) is 9.88 Å². The van der Waals surface area contributed by atoms with Crippen molar-refractivity contribution in [2.45, 2.75) is 32.4 Å². The van der Waals surface area contributed by atoms with Gasteiger partial charge in [0.05, 0.1) is 13.2 Å². The minimum atomic E-state index is -0.439. The van der Waals surface area contributed by atoms with E-state index in [1.54, 1.807) is 12.4 Å². The lowest BCUT2D eigenvalue weighted by atomic mass is 10.2. The first-order valence-electron chi connectivity index (χ1n) is 8.08. The Morgan fingerprint density at radius 2 is 2.17 bits per heavy atom. The van der Waals surface area contributed by atoms with Crippen LogP contribution in [-0.4, -0.2) is 42.2 Å². The van der Waals surface area contributed by atoms with Gasteiger partial charge < -0.3 is 13.9 Å². The van der Waals surface area contributed by atoms with E-state index in [9.17, 15) is 4.79 Å². The van der Waals surface area contributed by atoms with Crippen LogP contribution in [0.4, 0.5) is 0 Å². The van der Waals surface area contributed by atoms with Crippen molar-refractivity contribution in [2.75, 3.05) is 20.2 Å². The molecule has 3 heterocycles. The number of hydrogen-bond acceptors (Lipinski definition) is 6. The Bertz CT molecular complexity index is 698. The van der Waals surface area contributed by atoms with Gasteiger partial charge in [0.1, 0.15) is 17.6 Å². The van der Waals surface area contributed by atoms with E-state index < -0.39 is 5.97 Å². The molecule has 2 aromatic rings. The number of methoxy groups -OCH3 is 1. The highest BCUT2D eigenvalue weighted by Crippen LogP contribution is 2.29. The molecule has 2 atom stereocenters. The Morgan fingerprint density at radius 1 is 1.42 bits per heavy atom.